The number of methoxy groups -OCH3 is 4. The van der Waals surface area contributed by atoms with Crippen molar-refractivity contribution in [3.63, 3.8) is 0 Å². The topological polar surface area (TPSA) is 60.8 Å². The van der Waals surface area contributed by atoms with Crippen molar-refractivity contribution in [2.45, 2.75) is 25.9 Å². The molecule has 5 heteroatoms. The Kier molecular flexibility index (Phi) is 5.82. The van der Waals surface area contributed by atoms with Gasteiger partial charge in [0, 0.05) is 36.4 Å². The first kappa shape index (κ1) is 16.3. The van der Waals surface area contributed by atoms with Gasteiger partial charge in [-0.2, -0.15) is 0 Å². The molecule has 0 bridgehead atoms. The third-order valence-electron chi connectivity index (χ3n) is 3.34. The Morgan fingerprint density at radius 1 is 1.00 bits per heavy atom. The van der Waals surface area contributed by atoms with Gasteiger partial charge in [0.2, 0.25) is 0 Å². The van der Waals surface area contributed by atoms with Crippen LogP contribution in [0.25, 0.3) is 0 Å². The predicted molar refractivity (Wildman–Crippen MR) is 78.7 cm³/mol. The summed E-state index contributed by atoms with van der Waals surface area (Å²) >= 11 is 0. The van der Waals surface area contributed by atoms with Gasteiger partial charge >= 0.3 is 0 Å². The van der Waals surface area contributed by atoms with E-state index in [1.165, 1.54) is 0 Å². The van der Waals surface area contributed by atoms with Crippen LogP contribution >= 0.6 is 0 Å². The van der Waals surface area contributed by atoms with Gasteiger partial charge in [0.25, 0.3) is 0 Å². The number of hydrogen-bond donors (Lipinski definition) is 1. The average Bonchev–Trinajstić information content (AvgIpc) is 2.45. The molecule has 0 saturated carbocycles. The monoisotopic (exact) mass is 281 g/mol. The molecule has 112 valence electrons. The van der Waals surface area contributed by atoms with Gasteiger partial charge in [-0.15, -0.1) is 0 Å². The molecule has 20 heavy (non-hydrogen) atoms. The fourth-order valence-electron chi connectivity index (χ4n) is 2.39. The summed E-state index contributed by atoms with van der Waals surface area (Å²) in [5.41, 5.74) is 1.33. The Balaban J connectivity index is 3.37. The van der Waals surface area contributed by atoms with E-state index >= 15 is 0 Å². The molecule has 0 aliphatic carbocycles. The Labute approximate surface area is 120 Å². The molecule has 2 unspecified atom stereocenters. The van der Waals surface area contributed by atoms with Crippen molar-refractivity contribution in [3.05, 3.63) is 17.7 Å². The summed E-state index contributed by atoms with van der Waals surface area (Å²) in [6.07, 6.45) is -0.328. The minimum atomic E-state index is -0.328. The van der Waals surface area contributed by atoms with Gasteiger partial charge in [0.1, 0.15) is 23.4 Å². The van der Waals surface area contributed by atoms with E-state index in [2.05, 4.69) is 0 Å². The minimum Gasteiger partial charge on any atom is -0.496 e. The van der Waals surface area contributed by atoms with Crippen molar-refractivity contribution in [3.8, 4) is 17.2 Å². The van der Waals surface area contributed by atoms with Crippen LogP contribution in [-0.4, -0.2) is 40.3 Å². The fourth-order valence-corrected chi connectivity index (χ4v) is 2.39. The van der Waals surface area contributed by atoms with Crippen LogP contribution in [0, 0.1) is 5.41 Å². The maximum absolute atomic E-state index is 7.83. The summed E-state index contributed by atoms with van der Waals surface area (Å²) in [5.74, 6) is 1.91. The number of rotatable bonds is 7. The van der Waals surface area contributed by atoms with E-state index in [1.54, 1.807) is 47.5 Å². The molecule has 1 rings (SSSR count). The van der Waals surface area contributed by atoms with Gasteiger partial charge in [-0.1, -0.05) is 6.92 Å². The van der Waals surface area contributed by atoms with E-state index in [-0.39, 0.29) is 12.0 Å². The summed E-state index contributed by atoms with van der Waals surface area (Å²) in [7, 11) is 6.39. The van der Waals surface area contributed by atoms with Gasteiger partial charge in [-0.05, 0) is 6.92 Å². The Hall–Kier alpha value is -1.75. The second-order valence-corrected chi connectivity index (χ2v) is 4.57. The summed E-state index contributed by atoms with van der Waals surface area (Å²) in [4.78, 5) is 0. The third kappa shape index (κ3) is 3.22. The van der Waals surface area contributed by atoms with Gasteiger partial charge in [0.05, 0.1) is 21.3 Å². The third-order valence-corrected chi connectivity index (χ3v) is 3.34. The van der Waals surface area contributed by atoms with E-state index in [0.717, 1.165) is 5.56 Å². The van der Waals surface area contributed by atoms with Crippen LogP contribution in [-0.2, 0) is 4.74 Å². The zero-order chi connectivity index (χ0) is 15.3. The zero-order valence-corrected chi connectivity index (χ0v) is 12.9. The molecule has 1 aromatic rings. The molecule has 0 saturated heterocycles. The molecule has 0 amide bonds. The predicted octanol–water partition coefficient (Wildman–Crippen LogP) is 2.87. The van der Waals surface area contributed by atoms with Crippen molar-refractivity contribution in [1.82, 2.24) is 0 Å². The standard InChI is InChI=1S/C15H23NO4/c1-9(15(20-6)10(2)16)14-12(18-4)7-11(17-3)8-13(14)19-5/h7-9,15-16H,1-6H3. The van der Waals surface area contributed by atoms with Crippen LogP contribution < -0.4 is 14.2 Å². The number of hydrogen-bond acceptors (Lipinski definition) is 5. The highest BCUT2D eigenvalue weighted by Crippen LogP contribution is 2.40. The molecule has 0 radical (unpaired) electrons. The highest BCUT2D eigenvalue weighted by molar-refractivity contribution is 5.84. The van der Waals surface area contributed by atoms with Crippen LogP contribution in [0.3, 0.4) is 0 Å². The van der Waals surface area contributed by atoms with Crippen molar-refractivity contribution >= 4 is 5.71 Å². The van der Waals surface area contributed by atoms with Gasteiger partial charge in [-0.25, -0.2) is 0 Å². The summed E-state index contributed by atoms with van der Waals surface area (Å²) in [5, 5.41) is 7.83. The summed E-state index contributed by atoms with van der Waals surface area (Å²) in [6.45, 7) is 3.71. The molecule has 0 fully saturated rings. The molecule has 2 atom stereocenters. The molecule has 0 aliphatic rings. The Morgan fingerprint density at radius 3 is 1.80 bits per heavy atom. The van der Waals surface area contributed by atoms with Gasteiger partial charge in [0.15, 0.2) is 0 Å². The van der Waals surface area contributed by atoms with Crippen LogP contribution in [0.15, 0.2) is 12.1 Å². The maximum Gasteiger partial charge on any atom is 0.129 e. The number of benzene rings is 1. The van der Waals surface area contributed by atoms with Crippen LogP contribution in [0.5, 0.6) is 17.2 Å². The lowest BCUT2D eigenvalue weighted by atomic mass is 9.91. The molecule has 5 nitrogen and oxygen atoms in total. The van der Waals surface area contributed by atoms with E-state index < -0.39 is 0 Å². The maximum atomic E-state index is 7.83. The second-order valence-electron chi connectivity index (χ2n) is 4.57. The quantitative estimate of drug-likeness (QED) is 0.781. The molecule has 0 heterocycles. The van der Waals surface area contributed by atoms with E-state index in [4.69, 9.17) is 24.4 Å². The fraction of sp³-hybridized carbons (Fsp3) is 0.533. The summed E-state index contributed by atoms with van der Waals surface area (Å²) < 4.78 is 21.5. The van der Waals surface area contributed by atoms with E-state index in [0.29, 0.717) is 23.0 Å². The van der Waals surface area contributed by atoms with E-state index in [9.17, 15) is 0 Å². The molecule has 0 aromatic heterocycles. The van der Waals surface area contributed by atoms with Crippen molar-refractivity contribution in [2.75, 3.05) is 28.4 Å². The average molecular weight is 281 g/mol. The molecular formula is C15H23NO4. The lowest BCUT2D eigenvalue weighted by Gasteiger charge is -2.26. The lowest BCUT2D eigenvalue weighted by Crippen LogP contribution is -2.26. The Bertz CT molecular complexity index is 448. The zero-order valence-electron chi connectivity index (χ0n) is 12.9. The molecule has 1 aromatic carbocycles. The highest BCUT2D eigenvalue weighted by atomic mass is 16.5. The lowest BCUT2D eigenvalue weighted by molar-refractivity contribution is 0.134. The first-order valence-corrected chi connectivity index (χ1v) is 6.37. The SMILES string of the molecule is COc1cc(OC)c(C(C)C(OC)C(C)=N)c(OC)c1. The van der Waals surface area contributed by atoms with Crippen molar-refractivity contribution < 1.29 is 18.9 Å². The molecule has 0 aliphatic heterocycles. The largest absolute Gasteiger partial charge is 0.496 e. The first-order chi connectivity index (χ1) is 9.49. The minimum absolute atomic E-state index is 0.0756. The molecule has 1 N–H and O–H groups in total. The van der Waals surface area contributed by atoms with E-state index in [1.807, 2.05) is 6.92 Å². The van der Waals surface area contributed by atoms with Crippen molar-refractivity contribution in [2.24, 2.45) is 0 Å². The van der Waals surface area contributed by atoms with Crippen LogP contribution in [0.1, 0.15) is 25.3 Å². The Morgan fingerprint density at radius 2 is 1.50 bits per heavy atom. The number of nitrogens with one attached hydrogen (secondary N) is 1. The normalized spacial score (nSPS) is 13.5. The molecular weight excluding hydrogens is 258 g/mol. The van der Waals surface area contributed by atoms with Crippen molar-refractivity contribution in [1.29, 1.82) is 5.41 Å². The van der Waals surface area contributed by atoms with Crippen LogP contribution in [0.2, 0.25) is 0 Å². The highest BCUT2D eigenvalue weighted by Gasteiger charge is 2.27. The summed E-state index contributed by atoms with van der Waals surface area (Å²) in [6, 6.07) is 3.61. The first-order valence-electron chi connectivity index (χ1n) is 6.37. The van der Waals surface area contributed by atoms with Gasteiger partial charge < -0.3 is 24.4 Å². The second kappa shape index (κ2) is 7.14. The van der Waals surface area contributed by atoms with Crippen LogP contribution in [0.4, 0.5) is 0 Å². The smallest absolute Gasteiger partial charge is 0.129 e. The number of ether oxygens (including phenoxy) is 4. The van der Waals surface area contributed by atoms with Gasteiger partial charge in [-0.3, -0.25) is 0 Å². The molecule has 0 spiro atoms.